The minimum Gasteiger partial charge on any atom is -0.469 e. The van der Waals surface area contributed by atoms with Crippen LogP contribution in [0.1, 0.15) is 51.5 Å². The summed E-state index contributed by atoms with van der Waals surface area (Å²) in [5.74, 6) is -0.233. The summed E-state index contributed by atoms with van der Waals surface area (Å²) >= 11 is 0.627. The Balaban J connectivity index is 2.02. The van der Waals surface area contributed by atoms with E-state index in [-0.39, 0.29) is 10.9 Å². The van der Waals surface area contributed by atoms with Gasteiger partial charge in [-0.2, -0.15) is 8.42 Å². The summed E-state index contributed by atoms with van der Waals surface area (Å²) < 4.78 is 42.7. The van der Waals surface area contributed by atoms with E-state index >= 15 is 0 Å². The van der Waals surface area contributed by atoms with Gasteiger partial charge in [0.05, 0.1) is 29.7 Å². The SMILES string of the molecule is COC(=O)CCCCCC1(C)C(C)=Nc2ccc3c(SOOO)cc(S(=O)(=O)O)cc3c21. The molecule has 174 valence electrons. The fraction of sp³-hybridized carbons (Fsp3) is 0.429. The third-order valence-electron chi connectivity index (χ3n) is 5.92. The standard InChI is InChI=1S/C21H25NO8S2/c1-13-21(2,10-6-4-5-7-19(23)28-3)20-16-11-14(32(25,26)27)12-18(31-30-29-24)15(16)8-9-17(20)22-13/h8-9,11-12,24H,4-7,10H2,1-3H3,(H,25,26,27). The Kier molecular flexibility index (Phi) is 7.58. The van der Waals surface area contributed by atoms with Gasteiger partial charge in [0, 0.05) is 22.4 Å². The molecular weight excluding hydrogens is 458 g/mol. The van der Waals surface area contributed by atoms with E-state index in [1.54, 1.807) is 6.07 Å². The Hall–Kier alpha value is -2.02. The van der Waals surface area contributed by atoms with Crippen LogP contribution in [0.5, 0.6) is 0 Å². The number of unbranched alkanes of at least 4 members (excludes halogenated alkanes) is 2. The first kappa shape index (κ1) is 24.6. The van der Waals surface area contributed by atoms with Crippen LogP contribution in [-0.4, -0.2) is 37.0 Å². The van der Waals surface area contributed by atoms with Gasteiger partial charge in [-0.05, 0) is 54.3 Å². The average Bonchev–Trinajstić information content (AvgIpc) is 3.01. The number of carbonyl (C=O) groups excluding carboxylic acids is 1. The maximum absolute atomic E-state index is 11.9. The maximum Gasteiger partial charge on any atom is 0.305 e. The Morgan fingerprint density at radius 3 is 2.59 bits per heavy atom. The Morgan fingerprint density at radius 1 is 1.19 bits per heavy atom. The van der Waals surface area contributed by atoms with Gasteiger partial charge < -0.3 is 4.74 Å². The molecule has 11 heteroatoms. The quantitative estimate of drug-likeness (QED) is 0.120. The molecule has 1 aliphatic heterocycles. The van der Waals surface area contributed by atoms with Crippen molar-refractivity contribution in [1.82, 2.24) is 0 Å². The molecule has 9 nitrogen and oxygen atoms in total. The lowest BCUT2D eigenvalue weighted by Crippen LogP contribution is -2.27. The predicted octanol–water partition coefficient (Wildman–Crippen LogP) is 5.00. The number of methoxy groups -OCH3 is 1. The molecule has 0 saturated carbocycles. The molecule has 0 amide bonds. The molecule has 0 saturated heterocycles. The van der Waals surface area contributed by atoms with Crippen molar-refractivity contribution in [2.45, 2.75) is 61.2 Å². The highest BCUT2D eigenvalue weighted by Crippen LogP contribution is 2.48. The highest BCUT2D eigenvalue weighted by molar-refractivity contribution is 7.94. The van der Waals surface area contributed by atoms with Gasteiger partial charge in [-0.25, -0.2) is 5.26 Å². The number of esters is 1. The predicted molar refractivity (Wildman–Crippen MR) is 120 cm³/mol. The molecule has 3 rings (SSSR count). The number of fused-ring (bicyclic) bond motifs is 3. The number of carbonyl (C=O) groups is 1. The van der Waals surface area contributed by atoms with Gasteiger partial charge in [0.15, 0.2) is 0 Å². The summed E-state index contributed by atoms with van der Waals surface area (Å²) in [6, 6.07) is 6.31. The van der Waals surface area contributed by atoms with Crippen LogP contribution in [0.2, 0.25) is 0 Å². The van der Waals surface area contributed by atoms with Gasteiger partial charge in [-0.3, -0.25) is 14.3 Å². The lowest BCUT2D eigenvalue weighted by Gasteiger charge is -2.28. The fourth-order valence-electron chi connectivity index (χ4n) is 4.12. The van der Waals surface area contributed by atoms with E-state index in [0.29, 0.717) is 40.6 Å². The first-order valence-corrected chi connectivity index (χ1v) is 12.2. The zero-order valence-electron chi connectivity index (χ0n) is 18.0. The third-order valence-corrected chi connectivity index (χ3v) is 7.40. The van der Waals surface area contributed by atoms with Crippen LogP contribution in [0.25, 0.3) is 10.8 Å². The molecule has 1 aliphatic rings. The molecule has 0 aliphatic carbocycles. The maximum atomic E-state index is 11.9. The van der Waals surface area contributed by atoms with Crippen LogP contribution in [0.4, 0.5) is 5.69 Å². The number of rotatable bonds is 10. The van der Waals surface area contributed by atoms with Crippen molar-refractivity contribution in [3.05, 3.63) is 29.8 Å². The van der Waals surface area contributed by atoms with Gasteiger partial charge in [0.2, 0.25) is 0 Å². The van der Waals surface area contributed by atoms with Crippen molar-refractivity contribution in [1.29, 1.82) is 0 Å². The molecule has 2 aromatic rings. The Bertz CT molecular complexity index is 1160. The summed E-state index contributed by atoms with van der Waals surface area (Å²) in [6.07, 6.45) is 3.48. The number of aliphatic imine (C=N–C) groups is 1. The first-order chi connectivity index (χ1) is 15.1. The number of hydrogen-bond acceptors (Lipinski definition) is 9. The molecule has 1 atom stereocenters. The van der Waals surface area contributed by atoms with Gasteiger partial charge in [0.25, 0.3) is 10.1 Å². The fourth-order valence-corrected chi connectivity index (χ4v) is 5.28. The highest BCUT2D eigenvalue weighted by atomic mass is 32.2. The molecule has 0 spiro atoms. The van der Waals surface area contributed by atoms with Crippen molar-refractivity contribution in [3.8, 4) is 0 Å². The third kappa shape index (κ3) is 4.98. The lowest BCUT2D eigenvalue weighted by atomic mass is 9.74. The zero-order valence-corrected chi connectivity index (χ0v) is 19.6. The molecule has 32 heavy (non-hydrogen) atoms. The number of hydrogen-bond donors (Lipinski definition) is 2. The second-order valence-electron chi connectivity index (χ2n) is 7.84. The topological polar surface area (TPSA) is 132 Å². The molecule has 0 fully saturated rings. The molecule has 2 aromatic carbocycles. The summed E-state index contributed by atoms with van der Waals surface area (Å²) in [5.41, 5.74) is 2.02. The van der Waals surface area contributed by atoms with E-state index in [9.17, 15) is 17.8 Å². The molecule has 0 radical (unpaired) electrons. The summed E-state index contributed by atoms with van der Waals surface area (Å²) in [5, 5.41) is 13.5. The number of benzene rings is 2. The zero-order chi connectivity index (χ0) is 23.5. The summed E-state index contributed by atoms with van der Waals surface area (Å²) in [6.45, 7) is 3.99. The lowest BCUT2D eigenvalue weighted by molar-refractivity contribution is -0.432. The normalized spacial score (nSPS) is 18.0. The van der Waals surface area contributed by atoms with Crippen molar-refractivity contribution in [2.75, 3.05) is 7.11 Å². The second kappa shape index (κ2) is 9.86. The van der Waals surface area contributed by atoms with Crippen LogP contribution >= 0.6 is 12.0 Å². The van der Waals surface area contributed by atoms with Crippen molar-refractivity contribution in [3.63, 3.8) is 0 Å². The van der Waals surface area contributed by atoms with Gasteiger partial charge in [0.1, 0.15) is 0 Å². The minimum atomic E-state index is -4.50. The average molecular weight is 484 g/mol. The number of nitrogens with zero attached hydrogens (tertiary/aromatic N) is 1. The van der Waals surface area contributed by atoms with Gasteiger partial charge >= 0.3 is 5.97 Å². The molecule has 0 aromatic heterocycles. The van der Waals surface area contributed by atoms with Crippen molar-refractivity contribution >= 4 is 50.3 Å². The van der Waals surface area contributed by atoms with E-state index in [1.165, 1.54) is 19.2 Å². The van der Waals surface area contributed by atoms with E-state index in [1.807, 2.05) is 13.0 Å². The highest BCUT2D eigenvalue weighted by Gasteiger charge is 2.38. The molecule has 1 unspecified atom stereocenters. The van der Waals surface area contributed by atoms with Crippen LogP contribution in [-0.2, 0) is 34.4 Å². The van der Waals surface area contributed by atoms with E-state index in [2.05, 4.69) is 21.0 Å². The number of ether oxygens (including phenoxy) is 1. The van der Waals surface area contributed by atoms with E-state index in [0.717, 1.165) is 36.2 Å². The van der Waals surface area contributed by atoms with E-state index < -0.39 is 15.5 Å². The summed E-state index contributed by atoms with van der Waals surface area (Å²) in [7, 11) is -3.13. The molecular formula is C21H25NO8S2. The Morgan fingerprint density at radius 2 is 1.94 bits per heavy atom. The van der Waals surface area contributed by atoms with Crippen LogP contribution in [0.15, 0.2) is 39.0 Å². The van der Waals surface area contributed by atoms with Crippen LogP contribution < -0.4 is 0 Å². The molecule has 1 heterocycles. The van der Waals surface area contributed by atoms with E-state index in [4.69, 9.17) is 10.2 Å². The van der Waals surface area contributed by atoms with Crippen molar-refractivity contribution < 1.29 is 37.1 Å². The van der Waals surface area contributed by atoms with Crippen LogP contribution in [0.3, 0.4) is 0 Å². The summed E-state index contributed by atoms with van der Waals surface area (Å²) in [4.78, 5) is 16.1. The smallest absolute Gasteiger partial charge is 0.305 e. The van der Waals surface area contributed by atoms with Crippen LogP contribution in [0, 0.1) is 0 Å². The molecule has 2 N–H and O–H groups in total. The van der Waals surface area contributed by atoms with Gasteiger partial charge in [-0.1, -0.05) is 30.9 Å². The Labute approximate surface area is 190 Å². The minimum absolute atomic E-state index is 0.233. The van der Waals surface area contributed by atoms with Crippen molar-refractivity contribution in [2.24, 2.45) is 4.99 Å². The first-order valence-electron chi connectivity index (χ1n) is 9.98. The van der Waals surface area contributed by atoms with Gasteiger partial charge in [-0.15, -0.1) is 4.33 Å². The molecule has 0 bridgehead atoms. The largest absolute Gasteiger partial charge is 0.469 e. The second-order valence-corrected chi connectivity index (χ2v) is 10.0. The monoisotopic (exact) mass is 483 g/mol.